The number of nitrogen functional groups attached to an aromatic ring is 1. The molecule has 3 heteroatoms. The highest BCUT2D eigenvalue weighted by atomic mass is 35.5. The first-order valence-corrected chi connectivity index (χ1v) is 5.45. The summed E-state index contributed by atoms with van der Waals surface area (Å²) in [7, 11) is 0. The van der Waals surface area contributed by atoms with Crippen LogP contribution in [0.25, 0.3) is 0 Å². The van der Waals surface area contributed by atoms with Crippen LogP contribution in [0.3, 0.4) is 0 Å². The van der Waals surface area contributed by atoms with Gasteiger partial charge in [0.15, 0.2) is 0 Å². The zero-order chi connectivity index (χ0) is 8.72. The second-order valence-corrected chi connectivity index (χ2v) is 4.81. The normalized spacial score (nSPS) is 15.9. The molecule has 0 radical (unpaired) electrons. The largest absolute Gasteiger partial charge is 0.398 e. The van der Waals surface area contributed by atoms with Crippen LogP contribution in [-0.2, 0) is 0 Å². The summed E-state index contributed by atoms with van der Waals surface area (Å²) in [4.78, 5) is 1.51. The summed E-state index contributed by atoms with van der Waals surface area (Å²) in [5.41, 5.74) is 8.43. The van der Waals surface area contributed by atoms with Crippen molar-refractivity contribution < 1.29 is 0 Å². The number of rotatable bonds is 2. The Balaban J connectivity index is 0.000000845. The maximum absolute atomic E-state index is 5.93. The van der Waals surface area contributed by atoms with Gasteiger partial charge in [-0.25, -0.2) is 0 Å². The van der Waals surface area contributed by atoms with Crippen LogP contribution in [0.2, 0.25) is 0 Å². The summed E-state index contributed by atoms with van der Waals surface area (Å²) in [6.07, 6.45) is 2.70. The molecule has 1 aliphatic rings. The summed E-state index contributed by atoms with van der Waals surface area (Å²) in [6, 6.07) is 0. The Morgan fingerprint density at radius 1 is 1.46 bits per heavy atom. The molecule has 13 heavy (non-hydrogen) atoms. The van der Waals surface area contributed by atoms with Gasteiger partial charge < -0.3 is 5.73 Å². The van der Waals surface area contributed by atoms with Crippen LogP contribution in [0, 0.1) is 0 Å². The summed E-state index contributed by atoms with van der Waals surface area (Å²) >= 11 is 1.83. The van der Waals surface area contributed by atoms with E-state index in [0.717, 1.165) is 11.6 Å². The van der Waals surface area contributed by atoms with Gasteiger partial charge in [0.2, 0.25) is 0 Å². The Hall–Kier alpha value is -0.210. The minimum atomic E-state index is 0. The molecule has 2 rings (SSSR count). The van der Waals surface area contributed by atoms with Crippen LogP contribution in [-0.4, -0.2) is 0 Å². The zero-order valence-corrected chi connectivity index (χ0v) is 9.67. The third-order valence-electron chi connectivity index (χ3n) is 2.40. The number of anilines is 1. The average Bonchev–Trinajstić information content (AvgIpc) is 2.75. The van der Waals surface area contributed by atoms with Crippen molar-refractivity contribution in [1.82, 2.24) is 0 Å². The van der Waals surface area contributed by atoms with Crippen molar-refractivity contribution in [2.75, 3.05) is 5.73 Å². The van der Waals surface area contributed by atoms with Gasteiger partial charge in [-0.05, 0) is 30.2 Å². The summed E-state index contributed by atoms with van der Waals surface area (Å²) in [5, 5.41) is 2.10. The second-order valence-electron chi connectivity index (χ2n) is 3.90. The fraction of sp³-hybridized carbons (Fsp3) is 0.600. The maximum Gasteiger partial charge on any atom is 0.0461 e. The second kappa shape index (κ2) is 3.89. The van der Waals surface area contributed by atoms with Gasteiger partial charge in [-0.2, -0.15) is 0 Å². The molecule has 1 fully saturated rings. The molecule has 0 bridgehead atoms. The highest BCUT2D eigenvalue weighted by molar-refractivity contribution is 7.10. The molecular weight excluding hydrogens is 202 g/mol. The van der Waals surface area contributed by atoms with Crippen molar-refractivity contribution in [3.8, 4) is 0 Å². The van der Waals surface area contributed by atoms with Gasteiger partial charge in [-0.1, -0.05) is 13.8 Å². The van der Waals surface area contributed by atoms with E-state index in [4.69, 9.17) is 5.73 Å². The predicted molar refractivity (Wildman–Crippen MR) is 62.0 cm³/mol. The minimum absolute atomic E-state index is 0. The van der Waals surface area contributed by atoms with Gasteiger partial charge in [-0.15, -0.1) is 23.7 Å². The first-order valence-electron chi connectivity index (χ1n) is 4.57. The lowest BCUT2D eigenvalue weighted by Gasteiger charge is -2.06. The Morgan fingerprint density at radius 2 is 2.08 bits per heavy atom. The van der Waals surface area contributed by atoms with Crippen LogP contribution in [0.4, 0.5) is 5.69 Å². The zero-order valence-electron chi connectivity index (χ0n) is 8.04. The predicted octanol–water partition coefficient (Wildman–Crippen LogP) is 3.75. The van der Waals surface area contributed by atoms with Gasteiger partial charge in [0.05, 0.1) is 0 Å². The molecular formula is C10H16ClNS. The lowest BCUT2D eigenvalue weighted by atomic mass is 10.0. The Labute approximate surface area is 89.7 Å². The number of nitrogens with two attached hydrogens (primary N) is 1. The van der Waals surface area contributed by atoms with E-state index in [1.165, 1.54) is 23.3 Å². The monoisotopic (exact) mass is 217 g/mol. The van der Waals surface area contributed by atoms with Crippen LogP contribution in [0.1, 0.15) is 49.0 Å². The van der Waals surface area contributed by atoms with Crippen LogP contribution in [0.5, 0.6) is 0 Å². The van der Waals surface area contributed by atoms with E-state index in [1.807, 2.05) is 11.3 Å². The van der Waals surface area contributed by atoms with E-state index in [0.29, 0.717) is 5.92 Å². The number of halogens is 1. The standard InChI is InChI=1S/C10H15NS.ClH/c1-6(2)10-9(7-3-4-7)8(11)5-12-10;/h5-7H,3-4,11H2,1-2H3;1H. The van der Waals surface area contributed by atoms with Crippen molar-refractivity contribution in [3.63, 3.8) is 0 Å². The molecule has 1 saturated carbocycles. The molecule has 1 aliphatic carbocycles. The van der Waals surface area contributed by atoms with Crippen molar-refractivity contribution in [2.24, 2.45) is 0 Å². The Bertz CT molecular complexity index is 289. The Morgan fingerprint density at radius 3 is 2.54 bits per heavy atom. The number of thiophene rings is 1. The molecule has 0 saturated heterocycles. The summed E-state index contributed by atoms with van der Waals surface area (Å²) in [5.74, 6) is 1.44. The van der Waals surface area contributed by atoms with Crippen molar-refractivity contribution in [2.45, 2.75) is 38.5 Å². The SMILES string of the molecule is CC(C)c1scc(N)c1C1CC1.Cl. The molecule has 0 unspecified atom stereocenters. The highest BCUT2D eigenvalue weighted by Crippen LogP contribution is 2.48. The van der Waals surface area contributed by atoms with Gasteiger partial charge in [0.25, 0.3) is 0 Å². The van der Waals surface area contributed by atoms with E-state index in [-0.39, 0.29) is 12.4 Å². The number of hydrogen-bond acceptors (Lipinski definition) is 2. The molecule has 0 amide bonds. The number of hydrogen-bond donors (Lipinski definition) is 1. The molecule has 74 valence electrons. The van der Waals surface area contributed by atoms with Crippen molar-refractivity contribution >= 4 is 29.4 Å². The van der Waals surface area contributed by atoms with E-state index in [9.17, 15) is 0 Å². The molecule has 0 spiro atoms. The molecule has 2 N–H and O–H groups in total. The van der Waals surface area contributed by atoms with Crippen molar-refractivity contribution in [3.05, 3.63) is 15.8 Å². The highest BCUT2D eigenvalue weighted by Gasteiger charge is 2.29. The lowest BCUT2D eigenvalue weighted by molar-refractivity contribution is 0.868. The fourth-order valence-corrected chi connectivity index (χ4v) is 2.72. The molecule has 0 atom stereocenters. The molecule has 0 aromatic carbocycles. The molecule has 0 aliphatic heterocycles. The van der Waals surface area contributed by atoms with E-state index in [2.05, 4.69) is 19.2 Å². The summed E-state index contributed by atoms with van der Waals surface area (Å²) in [6.45, 7) is 4.49. The van der Waals surface area contributed by atoms with E-state index >= 15 is 0 Å². The lowest BCUT2D eigenvalue weighted by Crippen LogP contribution is -1.93. The topological polar surface area (TPSA) is 26.0 Å². The van der Waals surface area contributed by atoms with Gasteiger partial charge in [-0.3, -0.25) is 0 Å². The fourth-order valence-electron chi connectivity index (χ4n) is 1.65. The quantitative estimate of drug-likeness (QED) is 0.802. The van der Waals surface area contributed by atoms with Gasteiger partial charge in [0.1, 0.15) is 0 Å². The molecule has 1 aromatic rings. The van der Waals surface area contributed by atoms with Crippen LogP contribution >= 0.6 is 23.7 Å². The first kappa shape index (κ1) is 10.9. The molecule has 1 aromatic heterocycles. The Kier molecular flexibility index (Phi) is 3.25. The minimum Gasteiger partial charge on any atom is -0.398 e. The molecule has 1 nitrogen and oxygen atoms in total. The smallest absolute Gasteiger partial charge is 0.0461 e. The van der Waals surface area contributed by atoms with Gasteiger partial charge >= 0.3 is 0 Å². The average molecular weight is 218 g/mol. The first-order chi connectivity index (χ1) is 5.70. The van der Waals surface area contributed by atoms with E-state index in [1.54, 1.807) is 0 Å². The van der Waals surface area contributed by atoms with Crippen LogP contribution in [0.15, 0.2) is 5.38 Å². The third-order valence-corrected chi connectivity index (χ3v) is 3.72. The maximum atomic E-state index is 5.93. The summed E-state index contributed by atoms with van der Waals surface area (Å²) < 4.78 is 0. The third kappa shape index (κ3) is 2.00. The van der Waals surface area contributed by atoms with E-state index < -0.39 is 0 Å². The van der Waals surface area contributed by atoms with Crippen LogP contribution < -0.4 is 5.73 Å². The van der Waals surface area contributed by atoms with Gasteiger partial charge in [0, 0.05) is 15.9 Å². The molecule has 1 heterocycles. The van der Waals surface area contributed by atoms with Crippen molar-refractivity contribution in [1.29, 1.82) is 0 Å².